The summed E-state index contributed by atoms with van der Waals surface area (Å²) in [5.74, 6) is -0.339. The molecule has 1 N–H and O–H groups in total. The summed E-state index contributed by atoms with van der Waals surface area (Å²) in [5, 5.41) is 4.87. The monoisotopic (exact) mass is 379 g/mol. The number of rotatable bonds is 5. The minimum absolute atomic E-state index is 0.340. The molecule has 0 fully saturated rings. The van der Waals surface area contributed by atoms with Crippen molar-refractivity contribution in [2.75, 3.05) is 19.0 Å². The lowest BCUT2D eigenvalue weighted by molar-refractivity contribution is -0.119. The van der Waals surface area contributed by atoms with Crippen LogP contribution in [0.25, 0.3) is 0 Å². The van der Waals surface area contributed by atoms with Crippen LogP contribution in [-0.2, 0) is 22.4 Å². The van der Waals surface area contributed by atoms with E-state index in [1.807, 2.05) is 5.38 Å². The summed E-state index contributed by atoms with van der Waals surface area (Å²) in [5.41, 5.74) is 2.20. The van der Waals surface area contributed by atoms with E-state index in [0.717, 1.165) is 31.2 Å². The van der Waals surface area contributed by atoms with Gasteiger partial charge in [-0.2, -0.15) is 0 Å². The molecule has 25 heavy (non-hydrogen) atoms. The van der Waals surface area contributed by atoms with E-state index >= 15 is 0 Å². The number of hydrogen-bond donors (Lipinski definition) is 1. The molecule has 7 heteroatoms. The Hall–Kier alpha value is -2.05. The fraction of sp³-hybridized carbons (Fsp3) is 0.333. The van der Waals surface area contributed by atoms with Crippen molar-refractivity contribution in [1.29, 1.82) is 0 Å². The van der Waals surface area contributed by atoms with Gasteiger partial charge in [0.25, 0.3) is 5.91 Å². The zero-order valence-corrected chi connectivity index (χ0v) is 15.3. The third kappa shape index (κ3) is 4.14. The summed E-state index contributed by atoms with van der Waals surface area (Å²) < 4.78 is 10.2. The molecular weight excluding hydrogens is 362 g/mol. The van der Waals surface area contributed by atoms with Crippen molar-refractivity contribution in [2.24, 2.45) is 0 Å². The molecule has 0 spiro atoms. The fourth-order valence-electron chi connectivity index (χ4n) is 2.82. The topological polar surface area (TPSA) is 64.6 Å². The minimum Gasteiger partial charge on any atom is -0.495 e. The maximum absolute atomic E-state index is 12.2. The lowest BCUT2D eigenvalue weighted by atomic mass is 9.96. The number of hydrogen-bond acceptors (Lipinski definition) is 5. The Balaban J connectivity index is 1.56. The van der Waals surface area contributed by atoms with Gasteiger partial charge in [0.15, 0.2) is 6.61 Å². The van der Waals surface area contributed by atoms with Crippen LogP contribution >= 0.6 is 22.9 Å². The van der Waals surface area contributed by atoms with Gasteiger partial charge >= 0.3 is 5.97 Å². The number of nitrogens with one attached hydrogen (secondary N) is 1. The molecule has 1 amide bonds. The van der Waals surface area contributed by atoms with E-state index in [9.17, 15) is 9.59 Å². The normalized spacial score (nSPS) is 13.0. The van der Waals surface area contributed by atoms with E-state index in [1.54, 1.807) is 29.5 Å². The van der Waals surface area contributed by atoms with Crippen LogP contribution in [0.3, 0.4) is 0 Å². The summed E-state index contributed by atoms with van der Waals surface area (Å²) in [6.45, 7) is -0.340. The predicted molar refractivity (Wildman–Crippen MR) is 97.9 cm³/mol. The Morgan fingerprint density at radius 1 is 1.28 bits per heavy atom. The lowest BCUT2D eigenvalue weighted by Gasteiger charge is -2.12. The first-order valence-corrected chi connectivity index (χ1v) is 9.24. The highest BCUT2D eigenvalue weighted by molar-refractivity contribution is 7.10. The highest BCUT2D eigenvalue weighted by atomic mass is 35.5. The molecule has 1 aromatic heterocycles. The largest absolute Gasteiger partial charge is 0.495 e. The van der Waals surface area contributed by atoms with Gasteiger partial charge in [0.2, 0.25) is 0 Å². The van der Waals surface area contributed by atoms with E-state index in [0.29, 0.717) is 22.0 Å². The zero-order valence-electron chi connectivity index (χ0n) is 13.8. The van der Waals surface area contributed by atoms with E-state index < -0.39 is 11.9 Å². The number of amides is 1. The van der Waals surface area contributed by atoms with E-state index in [-0.39, 0.29) is 6.61 Å². The van der Waals surface area contributed by atoms with Gasteiger partial charge in [0.1, 0.15) is 5.75 Å². The van der Waals surface area contributed by atoms with Crippen LogP contribution in [0.15, 0.2) is 23.6 Å². The van der Waals surface area contributed by atoms with Crippen LogP contribution in [-0.4, -0.2) is 25.6 Å². The maximum atomic E-state index is 12.2. The third-order valence-electron chi connectivity index (χ3n) is 4.05. The molecule has 0 unspecified atom stereocenters. The van der Waals surface area contributed by atoms with Crippen LogP contribution < -0.4 is 10.1 Å². The molecule has 1 aromatic carbocycles. The summed E-state index contributed by atoms with van der Waals surface area (Å²) in [4.78, 5) is 25.5. The molecule has 1 heterocycles. The van der Waals surface area contributed by atoms with Gasteiger partial charge in [-0.1, -0.05) is 11.6 Å². The molecule has 0 saturated heterocycles. The SMILES string of the molecule is COc1ccc(NC(=O)COC(=O)c2csc3c2CCCC3)cc1Cl. The molecule has 0 aliphatic heterocycles. The number of carbonyl (C=O) groups is 2. The molecule has 132 valence electrons. The molecule has 0 saturated carbocycles. The number of esters is 1. The molecule has 5 nitrogen and oxygen atoms in total. The van der Waals surface area contributed by atoms with Crippen molar-refractivity contribution >= 4 is 40.5 Å². The molecule has 0 bridgehead atoms. The number of methoxy groups -OCH3 is 1. The molecule has 2 aromatic rings. The van der Waals surface area contributed by atoms with Crippen molar-refractivity contribution in [3.63, 3.8) is 0 Å². The van der Waals surface area contributed by atoms with Crippen molar-refractivity contribution in [3.05, 3.63) is 44.6 Å². The molecule has 1 aliphatic carbocycles. The predicted octanol–water partition coefficient (Wildman–Crippen LogP) is 4.08. The average Bonchev–Trinajstić information content (AvgIpc) is 3.04. The quantitative estimate of drug-likeness (QED) is 0.795. The molecular formula is C18H18ClNO4S. The van der Waals surface area contributed by atoms with Crippen LogP contribution in [0.4, 0.5) is 5.69 Å². The van der Waals surface area contributed by atoms with Gasteiger partial charge in [0.05, 0.1) is 17.7 Å². The van der Waals surface area contributed by atoms with Gasteiger partial charge < -0.3 is 14.8 Å². The first-order valence-electron chi connectivity index (χ1n) is 7.98. The molecule has 0 atom stereocenters. The summed E-state index contributed by atoms with van der Waals surface area (Å²) in [6, 6.07) is 4.90. The Labute approximate surface area is 154 Å². The van der Waals surface area contributed by atoms with Crippen LogP contribution in [0, 0.1) is 0 Å². The Morgan fingerprint density at radius 2 is 2.08 bits per heavy atom. The van der Waals surface area contributed by atoms with Crippen molar-refractivity contribution in [2.45, 2.75) is 25.7 Å². The first-order chi connectivity index (χ1) is 12.1. The highest BCUT2D eigenvalue weighted by Crippen LogP contribution is 2.30. The van der Waals surface area contributed by atoms with E-state index in [1.165, 1.54) is 12.0 Å². The lowest BCUT2D eigenvalue weighted by Crippen LogP contribution is -2.21. The average molecular weight is 380 g/mol. The van der Waals surface area contributed by atoms with Crippen LogP contribution in [0.5, 0.6) is 5.75 Å². The van der Waals surface area contributed by atoms with Crippen molar-refractivity contribution in [3.8, 4) is 5.75 Å². The van der Waals surface area contributed by atoms with Gasteiger partial charge in [-0.25, -0.2) is 4.79 Å². The number of fused-ring (bicyclic) bond motifs is 1. The Morgan fingerprint density at radius 3 is 2.84 bits per heavy atom. The Kier molecular flexibility index (Phi) is 5.60. The van der Waals surface area contributed by atoms with Gasteiger partial charge in [0, 0.05) is 15.9 Å². The number of ether oxygens (including phenoxy) is 2. The first kappa shape index (κ1) is 17.8. The summed E-state index contributed by atoms with van der Waals surface area (Å²) >= 11 is 7.61. The number of aryl methyl sites for hydroxylation is 1. The van der Waals surface area contributed by atoms with E-state index in [4.69, 9.17) is 21.1 Å². The second-order valence-corrected chi connectivity index (χ2v) is 7.10. The third-order valence-corrected chi connectivity index (χ3v) is 5.44. The number of halogens is 1. The van der Waals surface area contributed by atoms with Crippen LogP contribution in [0.2, 0.25) is 5.02 Å². The van der Waals surface area contributed by atoms with Gasteiger partial charge in [-0.05, 0) is 49.4 Å². The molecule has 0 radical (unpaired) electrons. The standard InChI is InChI=1S/C18H18ClNO4S/c1-23-15-7-6-11(8-14(15)19)20-17(21)9-24-18(22)13-10-25-16-5-3-2-4-12(13)16/h6-8,10H,2-5,9H2,1H3,(H,20,21). The fourth-order valence-corrected chi connectivity index (χ4v) is 4.19. The molecule has 1 aliphatic rings. The second-order valence-electron chi connectivity index (χ2n) is 5.73. The van der Waals surface area contributed by atoms with Gasteiger partial charge in [-0.3, -0.25) is 4.79 Å². The molecule has 3 rings (SSSR count). The van der Waals surface area contributed by atoms with Crippen molar-refractivity contribution in [1.82, 2.24) is 0 Å². The number of anilines is 1. The highest BCUT2D eigenvalue weighted by Gasteiger charge is 2.21. The Bertz CT molecular complexity index is 802. The zero-order chi connectivity index (χ0) is 17.8. The second kappa shape index (κ2) is 7.89. The minimum atomic E-state index is -0.442. The van der Waals surface area contributed by atoms with E-state index in [2.05, 4.69) is 5.32 Å². The van der Waals surface area contributed by atoms with Crippen LogP contribution in [0.1, 0.15) is 33.6 Å². The number of carbonyl (C=O) groups excluding carboxylic acids is 2. The maximum Gasteiger partial charge on any atom is 0.339 e. The smallest absolute Gasteiger partial charge is 0.339 e. The van der Waals surface area contributed by atoms with Crippen molar-refractivity contribution < 1.29 is 19.1 Å². The summed E-state index contributed by atoms with van der Waals surface area (Å²) in [7, 11) is 1.52. The summed E-state index contributed by atoms with van der Waals surface area (Å²) in [6.07, 6.45) is 4.17. The number of benzene rings is 1. The van der Waals surface area contributed by atoms with Gasteiger partial charge in [-0.15, -0.1) is 11.3 Å². The number of thiophene rings is 1.